The van der Waals surface area contributed by atoms with Crippen molar-refractivity contribution in [2.75, 3.05) is 18.4 Å². The lowest BCUT2D eigenvalue weighted by atomic mass is 9.95. The molecule has 6 rings (SSSR count). The molecule has 0 radical (unpaired) electrons. The molecule has 1 aliphatic carbocycles. The number of carbonyl (C=O) groups is 1. The van der Waals surface area contributed by atoms with Gasteiger partial charge in [-0.05, 0) is 68.4 Å². The maximum atomic E-state index is 14.2. The second-order valence-electron chi connectivity index (χ2n) is 9.64. The number of halogens is 2. The Balaban J connectivity index is 1.21. The van der Waals surface area contributed by atoms with Gasteiger partial charge in [0.25, 0.3) is 0 Å². The number of aryl methyl sites for hydroxylation is 1. The molecule has 38 heavy (non-hydrogen) atoms. The summed E-state index contributed by atoms with van der Waals surface area (Å²) < 4.78 is 55.6. The second-order valence-corrected chi connectivity index (χ2v) is 13.7. The van der Waals surface area contributed by atoms with Gasteiger partial charge in [-0.3, -0.25) is 4.79 Å². The predicted octanol–water partition coefficient (Wildman–Crippen LogP) is 6.22. The van der Waals surface area contributed by atoms with Crippen LogP contribution < -0.4 is 5.32 Å². The number of hydrogen-bond donors (Lipinski definition) is 1. The highest BCUT2D eigenvalue weighted by molar-refractivity contribution is 7.89. The number of carbonyl (C=O) groups excluding carboxylic acids is 1. The number of thiazole rings is 1. The molecule has 198 valence electrons. The Hall–Kier alpha value is -2.73. The van der Waals surface area contributed by atoms with Gasteiger partial charge in [-0.25, -0.2) is 22.2 Å². The first kappa shape index (κ1) is 25.5. The quantitative estimate of drug-likeness (QED) is 0.307. The van der Waals surface area contributed by atoms with Gasteiger partial charge in [-0.1, -0.05) is 12.1 Å². The van der Waals surface area contributed by atoms with Crippen molar-refractivity contribution in [3.8, 4) is 10.6 Å². The number of hydrogen-bond acceptors (Lipinski definition) is 6. The van der Waals surface area contributed by atoms with E-state index in [0.717, 1.165) is 63.6 Å². The van der Waals surface area contributed by atoms with Crippen molar-refractivity contribution in [2.24, 2.45) is 5.92 Å². The highest BCUT2D eigenvalue weighted by atomic mass is 32.2. The van der Waals surface area contributed by atoms with E-state index < -0.39 is 26.6 Å². The van der Waals surface area contributed by atoms with Crippen molar-refractivity contribution >= 4 is 53.8 Å². The predicted molar refractivity (Wildman–Crippen MR) is 146 cm³/mol. The fraction of sp³-hybridized carbons (Fsp3) is 0.333. The minimum absolute atomic E-state index is 0.0862. The summed E-state index contributed by atoms with van der Waals surface area (Å²) in [6, 6.07) is 10.4. The standard InChI is InChI=1S/C27H25F2N3O3S3/c28-17-9-10-23(19(29)15-17)38(34,35)32-13-11-16(12-14-32)25(33)31-27-24(18-5-1-3-7-21(18)36-27)26-30-20-6-2-4-8-22(20)37-26/h2,4,6,8-10,15-16H,1,3,5,7,11-14H2,(H,31,33). The normalized spacial score (nSPS) is 17.0. The third-order valence-corrected chi connectivity index (χ3v) is 11.4. The number of aromatic nitrogens is 1. The van der Waals surface area contributed by atoms with Crippen LogP contribution in [0, 0.1) is 17.6 Å². The summed E-state index contributed by atoms with van der Waals surface area (Å²) in [5.41, 5.74) is 3.23. The Morgan fingerprint density at radius 2 is 1.79 bits per heavy atom. The van der Waals surface area contributed by atoms with Crippen LogP contribution in [0.1, 0.15) is 36.1 Å². The molecule has 2 aliphatic rings. The molecule has 2 aromatic carbocycles. The highest BCUT2D eigenvalue weighted by Crippen LogP contribution is 2.46. The zero-order valence-corrected chi connectivity index (χ0v) is 22.8. The SMILES string of the molecule is O=C(Nc1sc2c(c1-c1nc3ccccc3s1)CCCC2)C1CCN(S(=O)(=O)c2ccc(F)cc2F)CC1. The van der Waals surface area contributed by atoms with Crippen LogP contribution in [0.5, 0.6) is 0 Å². The molecule has 0 atom stereocenters. The summed E-state index contributed by atoms with van der Waals surface area (Å²) in [5.74, 6) is -2.47. The van der Waals surface area contributed by atoms with Gasteiger partial charge in [0.15, 0.2) is 0 Å². The van der Waals surface area contributed by atoms with Gasteiger partial charge in [0, 0.05) is 35.5 Å². The van der Waals surface area contributed by atoms with Crippen molar-refractivity contribution in [3.05, 3.63) is 64.5 Å². The van der Waals surface area contributed by atoms with E-state index in [4.69, 9.17) is 4.98 Å². The minimum Gasteiger partial charge on any atom is -0.317 e. The average molecular weight is 574 g/mol. The number of nitrogens with zero attached hydrogens (tertiary/aromatic N) is 2. The number of amides is 1. The Morgan fingerprint density at radius 3 is 2.55 bits per heavy atom. The van der Waals surface area contributed by atoms with Gasteiger partial charge in [0.05, 0.1) is 10.2 Å². The molecule has 1 aliphatic heterocycles. The van der Waals surface area contributed by atoms with E-state index in [1.54, 1.807) is 22.7 Å². The van der Waals surface area contributed by atoms with Gasteiger partial charge < -0.3 is 5.32 Å². The topological polar surface area (TPSA) is 79.4 Å². The van der Waals surface area contributed by atoms with Crippen molar-refractivity contribution in [1.82, 2.24) is 9.29 Å². The number of piperidine rings is 1. The molecule has 0 unspecified atom stereocenters. The molecule has 1 saturated heterocycles. The number of fused-ring (bicyclic) bond motifs is 2. The van der Waals surface area contributed by atoms with E-state index in [1.807, 2.05) is 24.3 Å². The molecule has 0 bridgehead atoms. The number of sulfonamides is 1. The number of anilines is 1. The van der Waals surface area contributed by atoms with Crippen LogP contribution in [0.15, 0.2) is 47.4 Å². The Morgan fingerprint density at radius 1 is 1.03 bits per heavy atom. The van der Waals surface area contributed by atoms with E-state index in [-0.39, 0.29) is 24.9 Å². The van der Waals surface area contributed by atoms with E-state index in [9.17, 15) is 22.0 Å². The van der Waals surface area contributed by atoms with Crippen LogP contribution in [0.4, 0.5) is 13.8 Å². The third-order valence-electron chi connectivity index (χ3n) is 7.25. The molecule has 0 saturated carbocycles. The molecule has 1 fully saturated rings. The first-order valence-electron chi connectivity index (χ1n) is 12.6. The van der Waals surface area contributed by atoms with Gasteiger partial charge in [-0.2, -0.15) is 4.31 Å². The molecule has 11 heteroatoms. The molecule has 3 heterocycles. The van der Waals surface area contributed by atoms with Crippen molar-refractivity contribution in [3.63, 3.8) is 0 Å². The van der Waals surface area contributed by atoms with Crippen molar-refractivity contribution in [1.29, 1.82) is 0 Å². The Labute approximate surface area is 227 Å². The number of thiophene rings is 1. The summed E-state index contributed by atoms with van der Waals surface area (Å²) in [6.45, 7) is 0.172. The summed E-state index contributed by atoms with van der Waals surface area (Å²) in [6.07, 6.45) is 4.82. The summed E-state index contributed by atoms with van der Waals surface area (Å²) in [4.78, 5) is 19.0. The van der Waals surface area contributed by atoms with Crippen LogP contribution in [-0.4, -0.2) is 36.7 Å². The van der Waals surface area contributed by atoms with E-state index in [0.29, 0.717) is 18.9 Å². The zero-order valence-electron chi connectivity index (χ0n) is 20.4. The molecule has 0 spiro atoms. The Kier molecular flexibility index (Phi) is 6.79. The largest absolute Gasteiger partial charge is 0.317 e. The molecular weight excluding hydrogens is 549 g/mol. The van der Waals surface area contributed by atoms with Crippen LogP contribution >= 0.6 is 22.7 Å². The fourth-order valence-electron chi connectivity index (χ4n) is 5.26. The number of para-hydroxylation sites is 1. The fourth-order valence-corrected chi connectivity index (χ4v) is 9.17. The highest BCUT2D eigenvalue weighted by Gasteiger charge is 2.34. The zero-order chi connectivity index (χ0) is 26.4. The van der Waals surface area contributed by atoms with Gasteiger partial charge in [0.2, 0.25) is 15.9 Å². The first-order valence-corrected chi connectivity index (χ1v) is 15.6. The minimum atomic E-state index is -4.12. The molecule has 2 aromatic heterocycles. The molecular formula is C27H25F2N3O3S3. The molecule has 4 aromatic rings. The van der Waals surface area contributed by atoms with E-state index in [1.165, 1.54) is 14.7 Å². The summed E-state index contributed by atoms with van der Waals surface area (Å²) in [5, 5.41) is 4.87. The molecule has 6 nitrogen and oxygen atoms in total. The average Bonchev–Trinajstić information content (AvgIpc) is 3.49. The van der Waals surface area contributed by atoms with Crippen LogP contribution in [0.25, 0.3) is 20.8 Å². The van der Waals surface area contributed by atoms with Gasteiger partial charge in [0.1, 0.15) is 26.5 Å². The van der Waals surface area contributed by atoms with Crippen LogP contribution in [0.3, 0.4) is 0 Å². The maximum absolute atomic E-state index is 14.2. The maximum Gasteiger partial charge on any atom is 0.245 e. The molecule has 1 amide bonds. The summed E-state index contributed by atoms with van der Waals surface area (Å²) >= 11 is 3.24. The van der Waals surface area contributed by atoms with E-state index >= 15 is 0 Å². The number of benzene rings is 2. The smallest absolute Gasteiger partial charge is 0.245 e. The van der Waals surface area contributed by atoms with E-state index in [2.05, 4.69) is 5.32 Å². The van der Waals surface area contributed by atoms with Gasteiger partial charge in [-0.15, -0.1) is 22.7 Å². The number of rotatable bonds is 5. The lowest BCUT2D eigenvalue weighted by Gasteiger charge is -2.30. The first-order chi connectivity index (χ1) is 18.3. The van der Waals surface area contributed by atoms with Crippen LogP contribution in [-0.2, 0) is 27.7 Å². The lowest BCUT2D eigenvalue weighted by Crippen LogP contribution is -2.41. The lowest BCUT2D eigenvalue weighted by molar-refractivity contribution is -0.120. The third kappa shape index (κ3) is 4.66. The second kappa shape index (κ2) is 10.1. The number of nitrogens with one attached hydrogen (secondary N) is 1. The Bertz CT molecular complexity index is 1610. The monoisotopic (exact) mass is 573 g/mol. The summed E-state index contributed by atoms with van der Waals surface area (Å²) in [7, 11) is -4.12. The van der Waals surface area contributed by atoms with Crippen molar-refractivity contribution < 1.29 is 22.0 Å². The van der Waals surface area contributed by atoms with Gasteiger partial charge >= 0.3 is 0 Å². The molecule has 1 N–H and O–H groups in total. The van der Waals surface area contributed by atoms with Crippen LogP contribution in [0.2, 0.25) is 0 Å². The van der Waals surface area contributed by atoms with Crippen molar-refractivity contribution in [2.45, 2.75) is 43.4 Å².